The van der Waals surface area contributed by atoms with Gasteiger partial charge < -0.3 is 14.7 Å². The van der Waals surface area contributed by atoms with Crippen LogP contribution in [0.1, 0.15) is 44.9 Å². The first kappa shape index (κ1) is 12.9. The van der Waals surface area contributed by atoms with Gasteiger partial charge in [-0.2, -0.15) is 0 Å². The van der Waals surface area contributed by atoms with Gasteiger partial charge in [0, 0.05) is 19.1 Å². The Bertz CT molecular complexity index is 266. The lowest BCUT2D eigenvalue weighted by molar-refractivity contribution is -0.0516. The second-order valence-electron chi connectivity index (χ2n) is 6.70. The summed E-state index contributed by atoms with van der Waals surface area (Å²) in [6, 6.07) is 0. The molecule has 104 valence electrons. The SMILES string of the molecule is OC1CCOCC1CN1CCC2(CCCC2)CC1. The van der Waals surface area contributed by atoms with Gasteiger partial charge in [0.15, 0.2) is 0 Å². The Balaban J connectivity index is 1.47. The summed E-state index contributed by atoms with van der Waals surface area (Å²) in [5.41, 5.74) is 0.707. The molecule has 0 bridgehead atoms. The minimum absolute atomic E-state index is 0.138. The Hall–Kier alpha value is -0.120. The molecule has 3 heteroatoms. The number of rotatable bonds is 2. The number of piperidine rings is 1. The average molecular weight is 253 g/mol. The van der Waals surface area contributed by atoms with Gasteiger partial charge >= 0.3 is 0 Å². The van der Waals surface area contributed by atoms with Gasteiger partial charge in [-0.25, -0.2) is 0 Å². The molecular formula is C15H27NO2. The zero-order chi connectivity index (χ0) is 12.4. The smallest absolute Gasteiger partial charge is 0.0624 e. The zero-order valence-corrected chi connectivity index (χ0v) is 11.4. The monoisotopic (exact) mass is 253 g/mol. The number of hydrogen-bond acceptors (Lipinski definition) is 3. The lowest BCUT2D eigenvalue weighted by Crippen LogP contribution is -2.45. The van der Waals surface area contributed by atoms with Gasteiger partial charge in [-0.3, -0.25) is 0 Å². The molecule has 1 N–H and O–H groups in total. The summed E-state index contributed by atoms with van der Waals surface area (Å²) in [7, 11) is 0. The fourth-order valence-electron chi connectivity index (χ4n) is 4.13. The predicted molar refractivity (Wildman–Crippen MR) is 71.5 cm³/mol. The molecule has 3 aliphatic rings. The van der Waals surface area contributed by atoms with Gasteiger partial charge in [-0.15, -0.1) is 0 Å². The minimum Gasteiger partial charge on any atom is -0.393 e. The van der Waals surface area contributed by atoms with Gasteiger partial charge in [0.1, 0.15) is 0 Å². The van der Waals surface area contributed by atoms with Crippen molar-refractivity contribution in [2.45, 2.75) is 51.0 Å². The molecule has 0 aromatic heterocycles. The van der Waals surface area contributed by atoms with E-state index in [2.05, 4.69) is 4.90 Å². The van der Waals surface area contributed by atoms with Crippen LogP contribution in [0.25, 0.3) is 0 Å². The predicted octanol–water partition coefficient (Wildman–Crippen LogP) is 2.04. The van der Waals surface area contributed by atoms with Crippen molar-refractivity contribution in [2.75, 3.05) is 32.8 Å². The van der Waals surface area contributed by atoms with Gasteiger partial charge in [0.2, 0.25) is 0 Å². The molecule has 3 rings (SSSR count). The van der Waals surface area contributed by atoms with E-state index in [0.717, 1.165) is 26.2 Å². The highest BCUT2D eigenvalue weighted by atomic mass is 16.5. The van der Waals surface area contributed by atoms with Crippen LogP contribution in [0.15, 0.2) is 0 Å². The molecule has 2 unspecified atom stereocenters. The van der Waals surface area contributed by atoms with Crippen LogP contribution in [0.3, 0.4) is 0 Å². The molecular weight excluding hydrogens is 226 g/mol. The summed E-state index contributed by atoms with van der Waals surface area (Å²) in [4.78, 5) is 2.56. The van der Waals surface area contributed by atoms with Gasteiger partial charge in [0.05, 0.1) is 12.7 Å². The van der Waals surface area contributed by atoms with Gasteiger partial charge in [-0.1, -0.05) is 12.8 Å². The van der Waals surface area contributed by atoms with E-state index in [1.54, 1.807) is 0 Å². The van der Waals surface area contributed by atoms with Crippen LogP contribution in [0.4, 0.5) is 0 Å². The first-order valence-electron chi connectivity index (χ1n) is 7.76. The van der Waals surface area contributed by atoms with Crippen molar-refractivity contribution < 1.29 is 9.84 Å². The van der Waals surface area contributed by atoms with Crippen LogP contribution in [-0.2, 0) is 4.74 Å². The summed E-state index contributed by atoms with van der Waals surface area (Å²) in [5.74, 6) is 0.344. The van der Waals surface area contributed by atoms with Crippen LogP contribution in [0, 0.1) is 11.3 Å². The zero-order valence-electron chi connectivity index (χ0n) is 11.4. The highest BCUT2D eigenvalue weighted by Gasteiger charge is 2.37. The molecule has 1 spiro atoms. The third-order valence-corrected chi connectivity index (χ3v) is 5.51. The van der Waals surface area contributed by atoms with Crippen molar-refractivity contribution in [1.82, 2.24) is 4.90 Å². The Morgan fingerprint density at radius 2 is 1.83 bits per heavy atom. The Kier molecular flexibility index (Phi) is 3.92. The second-order valence-corrected chi connectivity index (χ2v) is 6.70. The molecule has 2 saturated heterocycles. The topological polar surface area (TPSA) is 32.7 Å². The number of ether oxygens (including phenoxy) is 1. The lowest BCUT2D eigenvalue weighted by atomic mass is 9.77. The van der Waals surface area contributed by atoms with E-state index in [0.29, 0.717) is 11.3 Å². The van der Waals surface area contributed by atoms with Gasteiger partial charge in [-0.05, 0) is 50.6 Å². The fraction of sp³-hybridized carbons (Fsp3) is 1.00. The molecule has 2 heterocycles. The molecule has 1 aliphatic carbocycles. The minimum atomic E-state index is -0.138. The van der Waals surface area contributed by atoms with E-state index >= 15 is 0 Å². The molecule has 0 aromatic rings. The number of hydrogen-bond donors (Lipinski definition) is 1. The highest BCUT2D eigenvalue weighted by Crippen LogP contribution is 2.46. The van der Waals surface area contributed by atoms with Gasteiger partial charge in [0.25, 0.3) is 0 Å². The third kappa shape index (κ3) is 2.73. The van der Waals surface area contributed by atoms with Crippen LogP contribution >= 0.6 is 0 Å². The Morgan fingerprint density at radius 1 is 1.11 bits per heavy atom. The number of aliphatic hydroxyl groups is 1. The molecule has 0 aromatic carbocycles. The van der Waals surface area contributed by atoms with Crippen molar-refractivity contribution in [3.8, 4) is 0 Å². The second kappa shape index (κ2) is 5.48. The summed E-state index contributed by atoms with van der Waals surface area (Å²) < 4.78 is 5.50. The van der Waals surface area contributed by atoms with E-state index in [1.807, 2.05) is 0 Å². The highest BCUT2D eigenvalue weighted by molar-refractivity contribution is 4.90. The maximum absolute atomic E-state index is 10.00. The Morgan fingerprint density at radius 3 is 2.50 bits per heavy atom. The first-order chi connectivity index (χ1) is 8.77. The number of aliphatic hydroxyl groups excluding tert-OH is 1. The molecule has 3 fully saturated rings. The van der Waals surface area contributed by atoms with E-state index in [-0.39, 0.29) is 6.10 Å². The van der Waals surface area contributed by atoms with E-state index in [1.165, 1.54) is 51.6 Å². The molecule has 0 radical (unpaired) electrons. The summed E-state index contributed by atoms with van der Waals surface area (Å²) in [6.45, 7) is 5.01. The fourth-order valence-corrected chi connectivity index (χ4v) is 4.13. The number of likely N-dealkylation sites (tertiary alicyclic amines) is 1. The maximum Gasteiger partial charge on any atom is 0.0624 e. The summed E-state index contributed by atoms with van der Waals surface area (Å²) in [5, 5.41) is 10.00. The standard InChI is InChI=1S/C15H27NO2/c17-14-3-10-18-12-13(14)11-16-8-6-15(7-9-16)4-1-2-5-15/h13-14,17H,1-12H2. The van der Waals surface area contributed by atoms with Crippen molar-refractivity contribution in [3.63, 3.8) is 0 Å². The summed E-state index contributed by atoms with van der Waals surface area (Å²) >= 11 is 0. The lowest BCUT2D eigenvalue weighted by Gasteiger charge is -2.41. The quantitative estimate of drug-likeness (QED) is 0.817. The summed E-state index contributed by atoms with van der Waals surface area (Å²) in [6.07, 6.45) is 9.30. The van der Waals surface area contributed by atoms with Crippen molar-refractivity contribution in [3.05, 3.63) is 0 Å². The van der Waals surface area contributed by atoms with E-state index < -0.39 is 0 Å². The van der Waals surface area contributed by atoms with Crippen LogP contribution < -0.4 is 0 Å². The van der Waals surface area contributed by atoms with Crippen LogP contribution in [0.5, 0.6) is 0 Å². The molecule has 18 heavy (non-hydrogen) atoms. The normalized spacial score (nSPS) is 37.2. The Labute approximate surface area is 110 Å². The van der Waals surface area contributed by atoms with Crippen molar-refractivity contribution in [1.29, 1.82) is 0 Å². The average Bonchev–Trinajstić information content (AvgIpc) is 2.84. The largest absolute Gasteiger partial charge is 0.393 e. The third-order valence-electron chi connectivity index (χ3n) is 5.51. The molecule has 2 aliphatic heterocycles. The molecule has 1 saturated carbocycles. The molecule has 2 atom stereocenters. The van der Waals surface area contributed by atoms with E-state index in [4.69, 9.17) is 4.74 Å². The van der Waals surface area contributed by atoms with Crippen LogP contribution in [0.2, 0.25) is 0 Å². The van der Waals surface area contributed by atoms with Crippen molar-refractivity contribution in [2.24, 2.45) is 11.3 Å². The van der Waals surface area contributed by atoms with Crippen LogP contribution in [-0.4, -0.2) is 49.0 Å². The molecule has 3 nitrogen and oxygen atoms in total. The maximum atomic E-state index is 10.00. The number of nitrogens with zero attached hydrogens (tertiary/aromatic N) is 1. The van der Waals surface area contributed by atoms with Crippen molar-refractivity contribution >= 4 is 0 Å². The molecule has 0 amide bonds. The van der Waals surface area contributed by atoms with E-state index in [9.17, 15) is 5.11 Å². The first-order valence-corrected chi connectivity index (χ1v) is 7.76.